The van der Waals surface area contributed by atoms with Crippen molar-refractivity contribution in [2.75, 3.05) is 31.3 Å². The van der Waals surface area contributed by atoms with E-state index in [1.165, 1.54) is 37.7 Å². The van der Waals surface area contributed by atoms with E-state index >= 15 is 0 Å². The van der Waals surface area contributed by atoms with Gasteiger partial charge in [-0.1, -0.05) is 74.7 Å². The summed E-state index contributed by atoms with van der Waals surface area (Å²) in [6, 6.07) is 9.93. The maximum absolute atomic E-state index is 13.5. The van der Waals surface area contributed by atoms with E-state index in [-0.39, 0.29) is 11.9 Å². The molecule has 0 radical (unpaired) electrons. The van der Waals surface area contributed by atoms with E-state index in [0.29, 0.717) is 23.5 Å². The van der Waals surface area contributed by atoms with E-state index in [1.54, 1.807) is 16.7 Å². The molecule has 4 rings (SSSR count). The van der Waals surface area contributed by atoms with Gasteiger partial charge in [0, 0.05) is 18.8 Å². The molecule has 1 saturated carbocycles. The standard InChI is InChI=1S/C32H50N4O3S2/c1-32(2,3)39-31(38)36-23-41-22-28(36)29(37)34-27(15-14-24-10-6-4-7-11-24)30(40)33-20-25-16-18-35(19-17-25)21-26-12-8-5-9-13-26/h5,8-9,12-13,24-25,27-28H,4,6-7,10-11,14-23H2,1-3H3,(H,33,40)(H,34,37)/t27-,28+/m1/s1. The highest BCUT2D eigenvalue weighted by atomic mass is 32.2. The fraction of sp³-hybridized carbons (Fsp3) is 0.719. The molecule has 0 bridgehead atoms. The third-order valence-corrected chi connectivity index (χ3v) is 10.00. The molecule has 3 aliphatic rings. The number of thiocarbonyl (C=S) groups is 1. The molecule has 41 heavy (non-hydrogen) atoms. The van der Waals surface area contributed by atoms with Crippen LogP contribution in [0.5, 0.6) is 0 Å². The number of carbonyl (C=O) groups is 2. The van der Waals surface area contributed by atoms with Crippen LogP contribution < -0.4 is 10.6 Å². The summed E-state index contributed by atoms with van der Waals surface area (Å²) in [6.45, 7) is 9.59. The molecule has 2 atom stereocenters. The first kappa shape index (κ1) is 32.1. The van der Waals surface area contributed by atoms with Gasteiger partial charge in [-0.05, 0) is 76.9 Å². The van der Waals surface area contributed by atoms with E-state index in [9.17, 15) is 9.59 Å². The molecule has 2 N–H and O–H groups in total. The summed E-state index contributed by atoms with van der Waals surface area (Å²) in [7, 11) is 0. The predicted molar refractivity (Wildman–Crippen MR) is 172 cm³/mol. The Hall–Kier alpha value is -1.84. The number of nitrogens with zero attached hydrogens (tertiary/aromatic N) is 2. The molecule has 1 aromatic carbocycles. The van der Waals surface area contributed by atoms with Crippen molar-refractivity contribution in [2.45, 2.75) is 103 Å². The molecular weight excluding hydrogens is 553 g/mol. The van der Waals surface area contributed by atoms with Crippen LogP contribution in [0, 0.1) is 11.8 Å². The normalized spacial score (nSPS) is 21.8. The minimum Gasteiger partial charge on any atom is -0.444 e. The lowest BCUT2D eigenvalue weighted by molar-refractivity contribution is -0.125. The number of thioether (sulfide) groups is 1. The number of ether oxygens (including phenoxy) is 1. The lowest BCUT2D eigenvalue weighted by Gasteiger charge is -2.33. The van der Waals surface area contributed by atoms with E-state index in [2.05, 4.69) is 45.9 Å². The second-order valence-corrected chi connectivity index (χ2v) is 14.5. The van der Waals surface area contributed by atoms with Crippen LogP contribution >= 0.6 is 24.0 Å². The van der Waals surface area contributed by atoms with Crippen molar-refractivity contribution < 1.29 is 14.3 Å². The highest BCUT2D eigenvalue weighted by Gasteiger charge is 2.38. The Kier molecular flexibility index (Phi) is 12.2. The zero-order chi connectivity index (χ0) is 29.2. The third-order valence-electron chi connectivity index (χ3n) is 8.56. The Labute approximate surface area is 256 Å². The van der Waals surface area contributed by atoms with Gasteiger partial charge in [0.2, 0.25) is 5.91 Å². The second kappa shape index (κ2) is 15.6. The molecule has 2 aliphatic heterocycles. The van der Waals surface area contributed by atoms with Gasteiger partial charge in [-0.2, -0.15) is 0 Å². The third kappa shape index (κ3) is 10.4. The number of hydrogen-bond donors (Lipinski definition) is 2. The van der Waals surface area contributed by atoms with E-state index in [1.807, 2.05) is 20.8 Å². The molecule has 2 heterocycles. The molecule has 1 aromatic rings. The molecule has 2 amide bonds. The summed E-state index contributed by atoms with van der Waals surface area (Å²) < 4.78 is 5.58. The number of carbonyl (C=O) groups excluding carboxylic acids is 2. The van der Waals surface area contributed by atoms with Crippen molar-refractivity contribution >= 4 is 41.0 Å². The minimum atomic E-state index is -0.600. The number of hydrogen-bond acceptors (Lipinski definition) is 6. The minimum absolute atomic E-state index is 0.132. The van der Waals surface area contributed by atoms with Crippen LogP contribution in [0.3, 0.4) is 0 Å². The van der Waals surface area contributed by atoms with E-state index in [4.69, 9.17) is 17.0 Å². The van der Waals surface area contributed by atoms with Crippen LogP contribution in [-0.4, -0.2) is 75.7 Å². The summed E-state index contributed by atoms with van der Waals surface area (Å²) in [4.78, 5) is 31.1. The lowest BCUT2D eigenvalue weighted by atomic mass is 9.85. The van der Waals surface area contributed by atoms with Crippen molar-refractivity contribution in [3.05, 3.63) is 35.9 Å². The molecule has 2 saturated heterocycles. The summed E-state index contributed by atoms with van der Waals surface area (Å²) in [5, 5.41) is 6.81. The van der Waals surface area contributed by atoms with Gasteiger partial charge >= 0.3 is 6.09 Å². The van der Waals surface area contributed by atoms with Gasteiger partial charge in [-0.25, -0.2) is 4.79 Å². The van der Waals surface area contributed by atoms with Gasteiger partial charge < -0.3 is 15.4 Å². The van der Waals surface area contributed by atoms with Crippen molar-refractivity contribution in [3.8, 4) is 0 Å². The van der Waals surface area contributed by atoms with E-state index in [0.717, 1.165) is 56.9 Å². The highest BCUT2D eigenvalue weighted by Crippen LogP contribution is 2.29. The number of likely N-dealkylation sites (tertiary alicyclic amines) is 1. The fourth-order valence-electron chi connectivity index (χ4n) is 6.13. The topological polar surface area (TPSA) is 73.9 Å². The van der Waals surface area contributed by atoms with Gasteiger partial charge in [0.05, 0.1) is 16.9 Å². The number of benzene rings is 1. The lowest BCUT2D eigenvalue weighted by Crippen LogP contribution is -2.54. The average molecular weight is 603 g/mol. The Bertz CT molecular complexity index is 988. The number of piperidine rings is 1. The van der Waals surface area contributed by atoms with Crippen molar-refractivity contribution in [3.63, 3.8) is 0 Å². The molecule has 9 heteroatoms. The predicted octanol–water partition coefficient (Wildman–Crippen LogP) is 5.97. The Morgan fingerprint density at radius 1 is 1.05 bits per heavy atom. The van der Waals surface area contributed by atoms with E-state index < -0.39 is 17.7 Å². The molecule has 3 fully saturated rings. The maximum Gasteiger partial charge on any atom is 0.411 e. The van der Waals surface area contributed by atoms with Crippen molar-refractivity contribution in [2.24, 2.45) is 11.8 Å². The van der Waals surface area contributed by atoms with Gasteiger partial charge in [0.1, 0.15) is 11.6 Å². The highest BCUT2D eigenvalue weighted by molar-refractivity contribution is 7.99. The molecule has 7 nitrogen and oxygen atoms in total. The first-order valence-electron chi connectivity index (χ1n) is 15.6. The SMILES string of the molecule is CC(C)(C)OC(=O)N1CSC[C@H]1C(=O)N[C@H](CCC1CCCCC1)C(=S)NCC1CCN(Cc2ccccc2)CC1. The van der Waals surface area contributed by atoms with Crippen LogP contribution in [0.2, 0.25) is 0 Å². The average Bonchev–Trinajstić information content (AvgIpc) is 3.46. The summed E-state index contributed by atoms with van der Waals surface area (Å²) in [5.41, 5.74) is 0.768. The van der Waals surface area contributed by atoms with Crippen LogP contribution in [-0.2, 0) is 16.1 Å². The van der Waals surface area contributed by atoms with Crippen LogP contribution in [0.4, 0.5) is 4.79 Å². The molecule has 0 aromatic heterocycles. The molecule has 0 unspecified atom stereocenters. The smallest absolute Gasteiger partial charge is 0.411 e. The van der Waals surface area contributed by atoms with Gasteiger partial charge in [-0.3, -0.25) is 14.6 Å². The van der Waals surface area contributed by atoms with Crippen LogP contribution in [0.25, 0.3) is 0 Å². The second-order valence-electron chi connectivity index (χ2n) is 13.1. The fourth-order valence-corrected chi connectivity index (χ4v) is 7.54. The Balaban J connectivity index is 1.30. The summed E-state index contributed by atoms with van der Waals surface area (Å²) in [5.74, 6) is 2.18. The largest absolute Gasteiger partial charge is 0.444 e. The van der Waals surface area contributed by atoms with Gasteiger partial charge in [0.15, 0.2) is 0 Å². The molecule has 1 aliphatic carbocycles. The van der Waals surface area contributed by atoms with Crippen molar-refractivity contribution in [1.82, 2.24) is 20.4 Å². The van der Waals surface area contributed by atoms with Gasteiger partial charge in [-0.15, -0.1) is 11.8 Å². The zero-order valence-electron chi connectivity index (χ0n) is 25.2. The van der Waals surface area contributed by atoms with Gasteiger partial charge in [0.25, 0.3) is 0 Å². The van der Waals surface area contributed by atoms with Crippen LogP contribution in [0.15, 0.2) is 30.3 Å². The molecule has 228 valence electrons. The number of amides is 2. The first-order valence-corrected chi connectivity index (χ1v) is 17.2. The number of rotatable bonds is 10. The monoisotopic (exact) mass is 602 g/mol. The quantitative estimate of drug-likeness (QED) is 0.320. The zero-order valence-corrected chi connectivity index (χ0v) is 26.9. The van der Waals surface area contributed by atoms with Crippen molar-refractivity contribution in [1.29, 1.82) is 0 Å². The Morgan fingerprint density at radius 3 is 2.44 bits per heavy atom. The molecular formula is C32H50N4O3S2. The number of nitrogens with one attached hydrogen (secondary N) is 2. The van der Waals surface area contributed by atoms with Crippen LogP contribution in [0.1, 0.15) is 84.1 Å². The molecule has 0 spiro atoms. The maximum atomic E-state index is 13.5. The summed E-state index contributed by atoms with van der Waals surface area (Å²) >= 11 is 7.51. The first-order chi connectivity index (χ1) is 19.7. The summed E-state index contributed by atoms with van der Waals surface area (Å²) in [6.07, 6.45) is 10.2. The Morgan fingerprint density at radius 2 is 1.76 bits per heavy atom.